The van der Waals surface area contributed by atoms with Gasteiger partial charge in [-0.05, 0) is 36.8 Å². The lowest BCUT2D eigenvalue weighted by molar-refractivity contribution is 0.101. The molecule has 1 amide bonds. The van der Waals surface area contributed by atoms with Gasteiger partial charge in [0.1, 0.15) is 23.0 Å². The summed E-state index contributed by atoms with van der Waals surface area (Å²) < 4.78 is 41.4. The van der Waals surface area contributed by atoms with Crippen LogP contribution in [0.4, 0.5) is 18.9 Å². The van der Waals surface area contributed by atoms with Gasteiger partial charge in [-0.2, -0.15) is 0 Å². The molecule has 0 heterocycles. The molecule has 0 aliphatic rings. The van der Waals surface area contributed by atoms with Crippen LogP contribution in [0.1, 0.15) is 15.9 Å². The molecular weight excluding hydrogens is 335 g/mol. The van der Waals surface area contributed by atoms with Crippen LogP contribution in [0.2, 0.25) is 0 Å². The Balaban J connectivity index is 2.36. The van der Waals surface area contributed by atoms with E-state index in [2.05, 4.69) is 21.2 Å². The molecule has 6 heteroatoms. The molecule has 2 aromatic rings. The predicted molar refractivity (Wildman–Crippen MR) is 73.1 cm³/mol. The second-order valence-corrected chi connectivity index (χ2v) is 5.05. The molecule has 0 unspecified atom stereocenters. The van der Waals surface area contributed by atoms with Gasteiger partial charge in [-0.1, -0.05) is 22.0 Å². The zero-order chi connectivity index (χ0) is 14.9. The third-order valence-electron chi connectivity index (χ3n) is 2.69. The molecule has 0 saturated carbocycles. The molecule has 0 aromatic heterocycles. The maximum Gasteiger partial charge on any atom is 0.261 e. The minimum Gasteiger partial charge on any atom is -0.319 e. The molecule has 0 saturated heterocycles. The molecule has 0 radical (unpaired) electrons. The fraction of sp³-hybridized carbons (Fsp3) is 0.0714. The number of nitrogens with one attached hydrogen (secondary N) is 1. The van der Waals surface area contributed by atoms with Crippen LogP contribution in [0.5, 0.6) is 0 Å². The van der Waals surface area contributed by atoms with Crippen LogP contribution in [-0.4, -0.2) is 5.91 Å². The summed E-state index contributed by atoms with van der Waals surface area (Å²) in [6.07, 6.45) is 0. The van der Waals surface area contributed by atoms with Crippen LogP contribution in [0.15, 0.2) is 34.8 Å². The summed E-state index contributed by atoms with van der Waals surface area (Å²) >= 11 is 3.07. The van der Waals surface area contributed by atoms with Gasteiger partial charge in [0, 0.05) is 4.47 Å². The second-order valence-electron chi connectivity index (χ2n) is 4.13. The number of rotatable bonds is 2. The molecule has 0 fully saturated rings. The topological polar surface area (TPSA) is 29.1 Å². The highest BCUT2D eigenvalue weighted by Crippen LogP contribution is 2.22. The molecule has 0 atom stereocenters. The van der Waals surface area contributed by atoms with E-state index in [0.29, 0.717) is 4.47 Å². The Morgan fingerprint density at radius 3 is 2.45 bits per heavy atom. The first kappa shape index (κ1) is 14.6. The van der Waals surface area contributed by atoms with Gasteiger partial charge in [-0.3, -0.25) is 4.79 Å². The van der Waals surface area contributed by atoms with Crippen molar-refractivity contribution < 1.29 is 18.0 Å². The van der Waals surface area contributed by atoms with Crippen molar-refractivity contribution in [3.8, 4) is 0 Å². The smallest absolute Gasteiger partial charge is 0.261 e. The Labute approximate surface area is 121 Å². The summed E-state index contributed by atoms with van der Waals surface area (Å²) in [4.78, 5) is 11.9. The molecule has 2 aromatic carbocycles. The number of benzene rings is 2. The minimum absolute atomic E-state index is 0.132. The van der Waals surface area contributed by atoms with E-state index in [-0.39, 0.29) is 11.3 Å². The van der Waals surface area contributed by atoms with Gasteiger partial charge < -0.3 is 5.32 Å². The maximum atomic E-state index is 13.8. The summed E-state index contributed by atoms with van der Waals surface area (Å²) in [5, 5.41) is 2.15. The lowest BCUT2D eigenvalue weighted by Gasteiger charge is -2.09. The summed E-state index contributed by atoms with van der Waals surface area (Å²) in [6, 6.07) is 6.15. The number of amides is 1. The first-order chi connectivity index (χ1) is 9.40. The summed E-state index contributed by atoms with van der Waals surface area (Å²) in [5.41, 5.74) is -0.751. The SMILES string of the molecule is Cc1ccc(F)c(C(=O)Nc2ccc(Br)cc2F)c1F. The van der Waals surface area contributed by atoms with Crippen molar-refractivity contribution in [1.29, 1.82) is 0 Å². The average molecular weight is 344 g/mol. The van der Waals surface area contributed by atoms with Gasteiger partial charge in [0.25, 0.3) is 5.91 Å². The van der Waals surface area contributed by atoms with E-state index in [9.17, 15) is 18.0 Å². The zero-order valence-corrected chi connectivity index (χ0v) is 11.9. The number of anilines is 1. The predicted octanol–water partition coefficient (Wildman–Crippen LogP) is 4.43. The van der Waals surface area contributed by atoms with E-state index in [0.717, 1.165) is 12.1 Å². The molecule has 2 nitrogen and oxygen atoms in total. The lowest BCUT2D eigenvalue weighted by Crippen LogP contribution is -2.17. The molecule has 2 rings (SSSR count). The Morgan fingerprint density at radius 2 is 1.80 bits per heavy atom. The van der Waals surface area contributed by atoms with E-state index in [1.807, 2.05) is 0 Å². The number of carbonyl (C=O) groups is 1. The zero-order valence-electron chi connectivity index (χ0n) is 10.3. The molecule has 20 heavy (non-hydrogen) atoms. The quantitative estimate of drug-likeness (QED) is 0.858. The number of hydrogen-bond acceptors (Lipinski definition) is 1. The van der Waals surface area contributed by atoms with E-state index in [4.69, 9.17) is 0 Å². The number of halogens is 4. The van der Waals surface area contributed by atoms with Gasteiger partial charge in [-0.15, -0.1) is 0 Å². The highest BCUT2D eigenvalue weighted by Gasteiger charge is 2.20. The lowest BCUT2D eigenvalue weighted by atomic mass is 10.1. The first-order valence-electron chi connectivity index (χ1n) is 5.61. The van der Waals surface area contributed by atoms with Crippen molar-refractivity contribution >= 4 is 27.5 Å². The monoisotopic (exact) mass is 343 g/mol. The molecular formula is C14H9BrF3NO. The molecule has 0 spiro atoms. The molecule has 0 bridgehead atoms. The highest BCUT2D eigenvalue weighted by atomic mass is 79.9. The fourth-order valence-electron chi connectivity index (χ4n) is 1.64. The molecule has 1 N–H and O–H groups in total. The van der Waals surface area contributed by atoms with E-state index >= 15 is 0 Å². The fourth-order valence-corrected chi connectivity index (χ4v) is 1.97. The van der Waals surface area contributed by atoms with Crippen molar-refractivity contribution in [3.63, 3.8) is 0 Å². The summed E-state index contributed by atoms with van der Waals surface area (Å²) in [7, 11) is 0. The second kappa shape index (κ2) is 5.66. The van der Waals surface area contributed by atoms with Gasteiger partial charge in [-0.25, -0.2) is 13.2 Å². The molecule has 0 aliphatic heterocycles. The van der Waals surface area contributed by atoms with Gasteiger partial charge in [0.05, 0.1) is 5.69 Å². The number of hydrogen-bond donors (Lipinski definition) is 1. The average Bonchev–Trinajstić information content (AvgIpc) is 2.38. The maximum absolute atomic E-state index is 13.8. The van der Waals surface area contributed by atoms with Crippen LogP contribution >= 0.6 is 15.9 Å². The Kier molecular flexibility index (Phi) is 4.13. The summed E-state index contributed by atoms with van der Waals surface area (Å²) in [6.45, 7) is 1.41. The van der Waals surface area contributed by atoms with E-state index < -0.39 is 28.9 Å². The van der Waals surface area contributed by atoms with Gasteiger partial charge in [0.15, 0.2) is 0 Å². The van der Waals surface area contributed by atoms with Gasteiger partial charge >= 0.3 is 0 Å². The van der Waals surface area contributed by atoms with E-state index in [1.54, 1.807) is 0 Å². The number of carbonyl (C=O) groups excluding carboxylic acids is 1. The van der Waals surface area contributed by atoms with Crippen molar-refractivity contribution in [1.82, 2.24) is 0 Å². The van der Waals surface area contributed by atoms with Crippen molar-refractivity contribution in [2.24, 2.45) is 0 Å². The Morgan fingerprint density at radius 1 is 1.10 bits per heavy atom. The third-order valence-corrected chi connectivity index (χ3v) is 3.18. The molecule has 104 valence electrons. The highest BCUT2D eigenvalue weighted by molar-refractivity contribution is 9.10. The van der Waals surface area contributed by atoms with Crippen LogP contribution < -0.4 is 5.32 Å². The van der Waals surface area contributed by atoms with Crippen LogP contribution in [0, 0.1) is 24.4 Å². The number of aryl methyl sites for hydroxylation is 1. The Bertz CT molecular complexity index is 688. The van der Waals surface area contributed by atoms with E-state index in [1.165, 1.54) is 25.1 Å². The first-order valence-corrected chi connectivity index (χ1v) is 6.40. The largest absolute Gasteiger partial charge is 0.319 e. The molecule has 0 aliphatic carbocycles. The summed E-state index contributed by atoms with van der Waals surface area (Å²) in [5.74, 6) is -3.70. The van der Waals surface area contributed by atoms with Crippen LogP contribution in [0.3, 0.4) is 0 Å². The van der Waals surface area contributed by atoms with Crippen molar-refractivity contribution in [2.45, 2.75) is 6.92 Å². The standard InChI is InChI=1S/C14H9BrF3NO/c1-7-2-4-9(16)12(13(7)18)14(20)19-11-5-3-8(15)6-10(11)17/h2-6H,1H3,(H,19,20). The Hall–Kier alpha value is -1.82. The van der Waals surface area contributed by atoms with Crippen molar-refractivity contribution in [3.05, 3.63) is 63.4 Å². The minimum atomic E-state index is -1.04. The normalized spacial score (nSPS) is 10.4. The third kappa shape index (κ3) is 2.85. The van der Waals surface area contributed by atoms with Gasteiger partial charge in [0.2, 0.25) is 0 Å². The van der Waals surface area contributed by atoms with Crippen LogP contribution in [-0.2, 0) is 0 Å². The van der Waals surface area contributed by atoms with Crippen molar-refractivity contribution in [2.75, 3.05) is 5.32 Å². The van der Waals surface area contributed by atoms with Crippen LogP contribution in [0.25, 0.3) is 0 Å².